The third-order valence-electron chi connectivity index (χ3n) is 3.22. The Hall–Kier alpha value is -0.610. The van der Waals surface area contributed by atoms with Crippen LogP contribution < -0.4 is 5.32 Å². The number of carbonyl (C=O) groups excluding carboxylic acids is 1. The summed E-state index contributed by atoms with van der Waals surface area (Å²) in [6.07, 6.45) is 3.01. The molecule has 2 atom stereocenters. The molecule has 0 bridgehead atoms. The maximum absolute atomic E-state index is 11.8. The summed E-state index contributed by atoms with van der Waals surface area (Å²) in [7, 11) is 2.04. The SMILES string of the molecule is CCCC(C(=O)OCC)N(C)C1CCNC1. The van der Waals surface area contributed by atoms with E-state index in [1.165, 1.54) is 0 Å². The van der Waals surface area contributed by atoms with Gasteiger partial charge in [-0.1, -0.05) is 13.3 Å². The smallest absolute Gasteiger partial charge is 0.323 e. The van der Waals surface area contributed by atoms with Crippen molar-refractivity contribution in [2.45, 2.75) is 45.2 Å². The molecule has 1 saturated heterocycles. The number of carbonyl (C=O) groups is 1. The minimum Gasteiger partial charge on any atom is -0.465 e. The standard InChI is InChI=1S/C12H24N2O2/c1-4-6-11(12(15)16-5-2)14(3)10-7-8-13-9-10/h10-11,13H,4-9H2,1-3H3. The Labute approximate surface area is 98.3 Å². The zero-order valence-electron chi connectivity index (χ0n) is 10.7. The fraction of sp³-hybridized carbons (Fsp3) is 0.917. The molecule has 0 spiro atoms. The summed E-state index contributed by atoms with van der Waals surface area (Å²) in [6, 6.07) is 0.399. The van der Waals surface area contributed by atoms with Crippen molar-refractivity contribution in [1.82, 2.24) is 10.2 Å². The minimum absolute atomic E-state index is 0.0706. The van der Waals surface area contributed by atoms with E-state index in [0.717, 1.165) is 32.4 Å². The van der Waals surface area contributed by atoms with Gasteiger partial charge in [0, 0.05) is 12.6 Å². The van der Waals surface area contributed by atoms with E-state index in [0.29, 0.717) is 12.6 Å². The predicted molar refractivity (Wildman–Crippen MR) is 64.4 cm³/mol. The van der Waals surface area contributed by atoms with Crippen LogP contribution in [-0.4, -0.2) is 49.7 Å². The Kier molecular flexibility index (Phi) is 5.77. The lowest BCUT2D eigenvalue weighted by Gasteiger charge is -2.30. The Bertz CT molecular complexity index is 215. The maximum Gasteiger partial charge on any atom is 0.323 e. The molecular formula is C12H24N2O2. The Morgan fingerprint density at radius 1 is 1.56 bits per heavy atom. The van der Waals surface area contributed by atoms with Crippen molar-refractivity contribution in [3.63, 3.8) is 0 Å². The van der Waals surface area contributed by atoms with E-state index in [9.17, 15) is 4.79 Å². The second kappa shape index (κ2) is 6.86. The van der Waals surface area contributed by atoms with Gasteiger partial charge in [-0.25, -0.2) is 0 Å². The summed E-state index contributed by atoms with van der Waals surface area (Å²) in [4.78, 5) is 14.0. The van der Waals surface area contributed by atoms with Crippen LogP contribution in [0.1, 0.15) is 33.1 Å². The fourth-order valence-electron chi connectivity index (χ4n) is 2.24. The topological polar surface area (TPSA) is 41.6 Å². The second-order valence-electron chi connectivity index (χ2n) is 4.37. The van der Waals surface area contributed by atoms with Crippen LogP contribution in [0.3, 0.4) is 0 Å². The molecule has 0 aromatic rings. The molecule has 0 radical (unpaired) electrons. The molecule has 0 saturated carbocycles. The second-order valence-corrected chi connectivity index (χ2v) is 4.37. The van der Waals surface area contributed by atoms with Gasteiger partial charge in [-0.05, 0) is 33.4 Å². The number of nitrogens with zero attached hydrogens (tertiary/aromatic N) is 1. The summed E-state index contributed by atoms with van der Waals surface area (Å²) < 4.78 is 5.14. The Morgan fingerprint density at radius 2 is 2.31 bits per heavy atom. The van der Waals surface area contributed by atoms with Crippen LogP contribution in [0.15, 0.2) is 0 Å². The molecule has 4 nitrogen and oxygen atoms in total. The number of hydrogen-bond acceptors (Lipinski definition) is 4. The first kappa shape index (κ1) is 13.5. The van der Waals surface area contributed by atoms with Gasteiger partial charge < -0.3 is 10.1 Å². The molecule has 1 heterocycles. The first-order valence-electron chi connectivity index (χ1n) is 6.30. The zero-order valence-corrected chi connectivity index (χ0v) is 10.7. The van der Waals surface area contributed by atoms with Crippen LogP contribution in [0.4, 0.5) is 0 Å². The van der Waals surface area contributed by atoms with Gasteiger partial charge in [0.15, 0.2) is 0 Å². The van der Waals surface area contributed by atoms with Crippen LogP contribution in [-0.2, 0) is 9.53 Å². The molecule has 1 aliphatic heterocycles. The van der Waals surface area contributed by atoms with Crippen molar-refractivity contribution in [2.24, 2.45) is 0 Å². The van der Waals surface area contributed by atoms with Crippen molar-refractivity contribution in [2.75, 3.05) is 26.7 Å². The molecule has 1 fully saturated rings. The lowest BCUT2D eigenvalue weighted by Crippen LogP contribution is -2.46. The normalized spacial score (nSPS) is 22.4. The first-order chi connectivity index (χ1) is 7.70. The molecule has 16 heavy (non-hydrogen) atoms. The molecule has 0 amide bonds. The van der Waals surface area contributed by atoms with Crippen molar-refractivity contribution >= 4 is 5.97 Å². The van der Waals surface area contributed by atoms with E-state index < -0.39 is 0 Å². The molecule has 2 unspecified atom stereocenters. The largest absolute Gasteiger partial charge is 0.465 e. The summed E-state index contributed by atoms with van der Waals surface area (Å²) in [5, 5.41) is 3.33. The van der Waals surface area contributed by atoms with Crippen molar-refractivity contribution in [1.29, 1.82) is 0 Å². The summed E-state index contributed by atoms with van der Waals surface area (Å²) in [5.74, 6) is -0.0706. The number of rotatable bonds is 6. The Morgan fingerprint density at radius 3 is 2.81 bits per heavy atom. The average Bonchev–Trinajstić information content (AvgIpc) is 2.78. The van der Waals surface area contributed by atoms with Gasteiger partial charge >= 0.3 is 5.97 Å². The average molecular weight is 228 g/mol. The zero-order chi connectivity index (χ0) is 12.0. The Balaban J connectivity index is 2.56. The van der Waals surface area contributed by atoms with Gasteiger partial charge in [0.1, 0.15) is 6.04 Å². The first-order valence-corrected chi connectivity index (χ1v) is 6.30. The van der Waals surface area contributed by atoms with Crippen molar-refractivity contribution in [3.05, 3.63) is 0 Å². The molecule has 94 valence electrons. The highest BCUT2D eigenvalue weighted by Gasteiger charge is 2.30. The summed E-state index contributed by atoms with van der Waals surface area (Å²) in [5.41, 5.74) is 0. The highest BCUT2D eigenvalue weighted by molar-refractivity contribution is 5.75. The molecular weight excluding hydrogens is 204 g/mol. The van der Waals surface area contributed by atoms with Gasteiger partial charge in [-0.15, -0.1) is 0 Å². The van der Waals surface area contributed by atoms with Crippen molar-refractivity contribution < 1.29 is 9.53 Å². The third kappa shape index (κ3) is 3.46. The van der Waals surface area contributed by atoms with Crippen LogP contribution in [0.5, 0.6) is 0 Å². The number of nitrogens with one attached hydrogen (secondary N) is 1. The quantitative estimate of drug-likeness (QED) is 0.689. The summed E-state index contributed by atoms with van der Waals surface area (Å²) in [6.45, 7) is 6.47. The van der Waals surface area contributed by atoms with Crippen LogP contribution in [0, 0.1) is 0 Å². The van der Waals surface area contributed by atoms with E-state index in [2.05, 4.69) is 17.1 Å². The molecule has 0 aliphatic carbocycles. The van der Waals surface area contributed by atoms with E-state index in [4.69, 9.17) is 4.74 Å². The molecule has 0 aromatic heterocycles. The van der Waals surface area contributed by atoms with Gasteiger partial charge in [-0.2, -0.15) is 0 Å². The highest BCUT2D eigenvalue weighted by atomic mass is 16.5. The van der Waals surface area contributed by atoms with Gasteiger partial charge in [0.05, 0.1) is 6.61 Å². The van der Waals surface area contributed by atoms with Crippen LogP contribution >= 0.6 is 0 Å². The van der Waals surface area contributed by atoms with Crippen LogP contribution in [0.25, 0.3) is 0 Å². The molecule has 0 aromatic carbocycles. The lowest BCUT2D eigenvalue weighted by molar-refractivity contribution is -0.150. The molecule has 1 aliphatic rings. The minimum atomic E-state index is -0.0742. The fourth-order valence-corrected chi connectivity index (χ4v) is 2.24. The maximum atomic E-state index is 11.8. The highest BCUT2D eigenvalue weighted by Crippen LogP contribution is 2.15. The molecule has 4 heteroatoms. The van der Waals surface area contributed by atoms with Gasteiger partial charge in [0.2, 0.25) is 0 Å². The summed E-state index contributed by atoms with van der Waals surface area (Å²) >= 11 is 0. The number of likely N-dealkylation sites (N-methyl/N-ethyl adjacent to an activating group) is 1. The van der Waals surface area contributed by atoms with Crippen LogP contribution in [0.2, 0.25) is 0 Å². The molecule has 1 rings (SSSR count). The van der Waals surface area contributed by atoms with E-state index in [1.54, 1.807) is 0 Å². The van der Waals surface area contributed by atoms with Crippen molar-refractivity contribution in [3.8, 4) is 0 Å². The van der Waals surface area contributed by atoms with Gasteiger partial charge in [-0.3, -0.25) is 9.69 Å². The lowest BCUT2D eigenvalue weighted by atomic mass is 10.1. The number of esters is 1. The van der Waals surface area contributed by atoms with E-state index >= 15 is 0 Å². The van der Waals surface area contributed by atoms with E-state index in [1.807, 2.05) is 14.0 Å². The van der Waals surface area contributed by atoms with Gasteiger partial charge in [0.25, 0.3) is 0 Å². The van der Waals surface area contributed by atoms with E-state index in [-0.39, 0.29) is 12.0 Å². The number of ether oxygens (including phenoxy) is 1. The monoisotopic (exact) mass is 228 g/mol. The third-order valence-corrected chi connectivity index (χ3v) is 3.22. The number of hydrogen-bond donors (Lipinski definition) is 1. The molecule has 1 N–H and O–H groups in total. The predicted octanol–water partition coefficient (Wildman–Crippen LogP) is 1.01.